The van der Waals surface area contributed by atoms with Crippen molar-refractivity contribution in [3.8, 4) is 6.01 Å². The van der Waals surface area contributed by atoms with Crippen LogP contribution in [-0.2, 0) is 0 Å². The molecule has 94 valence electrons. The SMILES string of the molecule is COc1nc(Cl)nc(NCC2(C)CCCS2)n1. The Hall–Kier alpha value is -0.750. The Bertz CT molecular complexity index is 398. The molecule has 17 heavy (non-hydrogen) atoms. The number of hydrogen-bond donors (Lipinski definition) is 1. The van der Waals surface area contributed by atoms with E-state index in [1.54, 1.807) is 0 Å². The van der Waals surface area contributed by atoms with Crippen LogP contribution in [0.15, 0.2) is 0 Å². The van der Waals surface area contributed by atoms with Gasteiger partial charge in [0.15, 0.2) is 0 Å². The summed E-state index contributed by atoms with van der Waals surface area (Å²) >= 11 is 7.75. The number of thioether (sulfide) groups is 1. The second kappa shape index (κ2) is 5.27. The van der Waals surface area contributed by atoms with E-state index in [4.69, 9.17) is 16.3 Å². The number of nitrogens with one attached hydrogen (secondary N) is 1. The Labute approximate surface area is 110 Å². The van der Waals surface area contributed by atoms with Gasteiger partial charge in [-0.15, -0.1) is 0 Å². The largest absolute Gasteiger partial charge is 0.467 e. The van der Waals surface area contributed by atoms with Gasteiger partial charge in [0, 0.05) is 11.3 Å². The number of hydrogen-bond acceptors (Lipinski definition) is 6. The Morgan fingerprint density at radius 2 is 2.29 bits per heavy atom. The minimum absolute atomic E-state index is 0.142. The highest BCUT2D eigenvalue weighted by Gasteiger charge is 2.29. The van der Waals surface area contributed by atoms with Crippen molar-refractivity contribution in [3.63, 3.8) is 0 Å². The molecule has 0 saturated carbocycles. The quantitative estimate of drug-likeness (QED) is 0.909. The summed E-state index contributed by atoms with van der Waals surface area (Å²) in [6.07, 6.45) is 2.48. The molecule has 1 N–H and O–H groups in total. The summed E-state index contributed by atoms with van der Waals surface area (Å²) in [5.74, 6) is 1.69. The number of methoxy groups -OCH3 is 1. The fraction of sp³-hybridized carbons (Fsp3) is 0.700. The highest BCUT2D eigenvalue weighted by molar-refractivity contribution is 8.00. The average molecular weight is 275 g/mol. The molecule has 2 rings (SSSR count). The van der Waals surface area contributed by atoms with Crippen LogP contribution in [0.2, 0.25) is 5.28 Å². The Kier molecular flexibility index (Phi) is 3.93. The van der Waals surface area contributed by atoms with E-state index in [9.17, 15) is 0 Å². The van der Waals surface area contributed by atoms with Crippen molar-refractivity contribution in [1.29, 1.82) is 0 Å². The third-order valence-electron chi connectivity index (χ3n) is 2.69. The van der Waals surface area contributed by atoms with Crippen molar-refractivity contribution in [2.45, 2.75) is 24.5 Å². The van der Waals surface area contributed by atoms with E-state index in [0.29, 0.717) is 5.95 Å². The van der Waals surface area contributed by atoms with E-state index in [1.807, 2.05) is 11.8 Å². The first-order valence-corrected chi connectivity index (χ1v) is 6.81. The van der Waals surface area contributed by atoms with E-state index < -0.39 is 0 Å². The fourth-order valence-electron chi connectivity index (χ4n) is 1.74. The van der Waals surface area contributed by atoms with Gasteiger partial charge in [-0.3, -0.25) is 0 Å². The van der Waals surface area contributed by atoms with E-state index in [-0.39, 0.29) is 16.0 Å². The zero-order chi connectivity index (χ0) is 12.3. The molecule has 5 nitrogen and oxygen atoms in total. The Balaban J connectivity index is 2.00. The summed E-state index contributed by atoms with van der Waals surface area (Å²) in [7, 11) is 1.50. The van der Waals surface area contributed by atoms with Crippen molar-refractivity contribution in [2.75, 3.05) is 24.7 Å². The highest BCUT2D eigenvalue weighted by Crippen LogP contribution is 2.37. The molecule has 0 radical (unpaired) electrons. The van der Waals surface area contributed by atoms with Crippen molar-refractivity contribution in [1.82, 2.24) is 15.0 Å². The third-order valence-corrected chi connectivity index (χ3v) is 4.40. The predicted octanol–water partition coefficient (Wildman–Crippen LogP) is 2.23. The number of anilines is 1. The van der Waals surface area contributed by atoms with Crippen molar-refractivity contribution in [2.24, 2.45) is 0 Å². The number of nitrogens with zero attached hydrogens (tertiary/aromatic N) is 3. The molecule has 1 unspecified atom stereocenters. The van der Waals surface area contributed by atoms with Crippen molar-refractivity contribution in [3.05, 3.63) is 5.28 Å². The van der Waals surface area contributed by atoms with Gasteiger partial charge in [0.1, 0.15) is 0 Å². The summed E-state index contributed by atoms with van der Waals surface area (Å²) in [5.41, 5.74) is 0. The molecule has 1 aliphatic heterocycles. The molecule has 7 heteroatoms. The number of ether oxygens (including phenoxy) is 1. The molecule has 2 heterocycles. The molecule has 1 saturated heterocycles. The number of aromatic nitrogens is 3. The van der Waals surface area contributed by atoms with Crippen LogP contribution in [0.5, 0.6) is 6.01 Å². The lowest BCUT2D eigenvalue weighted by atomic mass is 10.1. The van der Waals surface area contributed by atoms with Gasteiger partial charge in [0.25, 0.3) is 0 Å². The molecule has 0 bridgehead atoms. The smallest absolute Gasteiger partial charge is 0.322 e. The van der Waals surface area contributed by atoms with Gasteiger partial charge in [0.05, 0.1) is 7.11 Å². The normalized spacial score (nSPS) is 23.7. The number of halogens is 1. The zero-order valence-corrected chi connectivity index (χ0v) is 11.4. The standard InChI is InChI=1S/C10H15ClN4OS/c1-10(4-3-5-17-10)6-12-8-13-7(11)14-9(15-8)16-2/h3-6H2,1-2H3,(H,12,13,14,15). The van der Waals surface area contributed by atoms with Crippen LogP contribution < -0.4 is 10.1 Å². The maximum atomic E-state index is 5.77. The van der Waals surface area contributed by atoms with Gasteiger partial charge in [-0.05, 0) is 37.1 Å². The van der Waals surface area contributed by atoms with Crippen LogP contribution in [0, 0.1) is 0 Å². The summed E-state index contributed by atoms with van der Waals surface area (Å²) in [4.78, 5) is 11.9. The summed E-state index contributed by atoms with van der Waals surface area (Å²) in [6.45, 7) is 3.07. The molecule has 1 fully saturated rings. The molecule has 0 aromatic carbocycles. The monoisotopic (exact) mass is 274 g/mol. The lowest BCUT2D eigenvalue weighted by Gasteiger charge is -2.22. The van der Waals surface area contributed by atoms with Crippen LogP contribution in [0.25, 0.3) is 0 Å². The first-order chi connectivity index (χ1) is 8.11. The molecule has 0 aliphatic carbocycles. The van der Waals surface area contributed by atoms with Crippen LogP contribution in [0.3, 0.4) is 0 Å². The number of rotatable bonds is 4. The second-order valence-corrected chi connectivity index (χ2v) is 6.19. The summed E-state index contributed by atoms with van der Waals surface area (Å²) < 4.78 is 5.20. The molecule has 1 aliphatic rings. The molecular formula is C10H15ClN4OS. The maximum Gasteiger partial charge on any atom is 0.322 e. The molecule has 0 amide bonds. The van der Waals surface area contributed by atoms with Gasteiger partial charge in [-0.2, -0.15) is 26.7 Å². The van der Waals surface area contributed by atoms with E-state index >= 15 is 0 Å². The average Bonchev–Trinajstić information content (AvgIpc) is 2.73. The first-order valence-electron chi connectivity index (χ1n) is 5.45. The lowest BCUT2D eigenvalue weighted by molar-refractivity contribution is 0.378. The van der Waals surface area contributed by atoms with Crippen molar-refractivity contribution < 1.29 is 4.74 Å². The minimum Gasteiger partial charge on any atom is -0.467 e. The van der Waals surface area contributed by atoms with E-state index in [1.165, 1.54) is 25.7 Å². The third kappa shape index (κ3) is 3.35. The predicted molar refractivity (Wildman–Crippen MR) is 70.0 cm³/mol. The molecule has 1 atom stereocenters. The second-order valence-electron chi connectivity index (χ2n) is 4.17. The summed E-state index contributed by atoms with van der Waals surface area (Å²) in [6, 6.07) is 0.233. The van der Waals surface area contributed by atoms with E-state index in [0.717, 1.165) is 6.54 Å². The fourth-order valence-corrected chi connectivity index (χ4v) is 3.14. The van der Waals surface area contributed by atoms with Crippen LogP contribution in [-0.4, -0.2) is 39.1 Å². The highest BCUT2D eigenvalue weighted by atomic mass is 35.5. The lowest BCUT2D eigenvalue weighted by Crippen LogP contribution is -2.27. The van der Waals surface area contributed by atoms with Gasteiger partial charge in [-0.25, -0.2) is 0 Å². The first kappa shape index (κ1) is 12.7. The van der Waals surface area contributed by atoms with Gasteiger partial charge in [0.2, 0.25) is 11.2 Å². The molecular weight excluding hydrogens is 260 g/mol. The molecule has 1 aromatic rings. The van der Waals surface area contributed by atoms with Gasteiger partial charge >= 0.3 is 6.01 Å². The van der Waals surface area contributed by atoms with E-state index in [2.05, 4.69) is 27.2 Å². The van der Waals surface area contributed by atoms with Gasteiger partial charge < -0.3 is 10.1 Å². The molecule has 0 spiro atoms. The molecule has 1 aromatic heterocycles. The van der Waals surface area contributed by atoms with Crippen LogP contribution in [0.4, 0.5) is 5.95 Å². The summed E-state index contributed by atoms with van der Waals surface area (Å²) in [5, 5.41) is 3.34. The van der Waals surface area contributed by atoms with Gasteiger partial charge in [-0.1, -0.05) is 0 Å². The maximum absolute atomic E-state index is 5.77. The Morgan fingerprint density at radius 1 is 1.47 bits per heavy atom. The Morgan fingerprint density at radius 3 is 2.94 bits per heavy atom. The van der Waals surface area contributed by atoms with Crippen LogP contribution in [0.1, 0.15) is 19.8 Å². The minimum atomic E-state index is 0.142. The van der Waals surface area contributed by atoms with Crippen molar-refractivity contribution >= 4 is 29.3 Å². The topological polar surface area (TPSA) is 59.9 Å². The van der Waals surface area contributed by atoms with Crippen LogP contribution >= 0.6 is 23.4 Å². The zero-order valence-electron chi connectivity index (χ0n) is 9.86.